The minimum absolute atomic E-state index is 0.0152. The first-order chi connectivity index (χ1) is 8.60. The highest BCUT2D eigenvalue weighted by Crippen LogP contribution is 2.39. The second kappa shape index (κ2) is 5.53. The quantitative estimate of drug-likeness (QED) is 0.760. The molecule has 2 rings (SSSR count). The smallest absolute Gasteiger partial charge is 0.233 e. The fraction of sp³-hybridized carbons (Fsp3) is 0.846. The molecule has 2 fully saturated rings. The number of nitrogens with two attached hydrogens (primary N) is 1. The maximum Gasteiger partial charge on any atom is 0.233 e. The molecular weight excluding hydrogens is 248 g/mol. The summed E-state index contributed by atoms with van der Waals surface area (Å²) in [6.07, 6.45) is 6.88. The molecule has 2 aliphatic carbocycles. The number of carbonyl (C=O) groups excluding carboxylic acids is 1. The van der Waals surface area contributed by atoms with E-state index < -0.39 is 5.41 Å². The van der Waals surface area contributed by atoms with Crippen molar-refractivity contribution in [3.8, 4) is 0 Å². The molecule has 2 aliphatic rings. The van der Waals surface area contributed by atoms with Gasteiger partial charge in [-0.2, -0.15) is 0 Å². The van der Waals surface area contributed by atoms with Crippen LogP contribution in [0.15, 0.2) is 0 Å². The van der Waals surface area contributed by atoms with Crippen LogP contribution >= 0.6 is 12.2 Å². The van der Waals surface area contributed by atoms with Crippen molar-refractivity contribution in [1.82, 2.24) is 5.32 Å². The van der Waals surface area contributed by atoms with Crippen LogP contribution in [0.3, 0.4) is 0 Å². The molecule has 18 heavy (non-hydrogen) atoms. The van der Waals surface area contributed by atoms with Gasteiger partial charge in [-0.1, -0.05) is 25.1 Å². The Labute approximate surface area is 114 Å². The van der Waals surface area contributed by atoms with E-state index in [0.29, 0.717) is 4.99 Å². The van der Waals surface area contributed by atoms with Gasteiger partial charge in [0, 0.05) is 7.11 Å². The zero-order valence-corrected chi connectivity index (χ0v) is 11.7. The van der Waals surface area contributed by atoms with E-state index >= 15 is 0 Å². The number of hydrogen-bond donors (Lipinski definition) is 2. The first-order valence-electron chi connectivity index (χ1n) is 6.74. The average Bonchev–Trinajstić information content (AvgIpc) is 2.97. The third-order valence-corrected chi connectivity index (χ3v) is 4.83. The van der Waals surface area contributed by atoms with Crippen molar-refractivity contribution in [2.45, 2.75) is 57.1 Å². The van der Waals surface area contributed by atoms with E-state index in [9.17, 15) is 4.79 Å². The third-order valence-electron chi connectivity index (χ3n) is 4.44. The van der Waals surface area contributed by atoms with Gasteiger partial charge >= 0.3 is 0 Å². The Balaban J connectivity index is 2.04. The fourth-order valence-corrected chi connectivity index (χ4v) is 3.54. The Kier molecular flexibility index (Phi) is 4.22. The van der Waals surface area contributed by atoms with Gasteiger partial charge in [0.2, 0.25) is 5.91 Å². The first kappa shape index (κ1) is 13.7. The molecule has 4 nitrogen and oxygen atoms in total. The molecule has 2 saturated carbocycles. The van der Waals surface area contributed by atoms with Crippen LogP contribution in [-0.2, 0) is 9.53 Å². The minimum Gasteiger partial charge on any atom is -0.392 e. The Morgan fingerprint density at radius 1 is 1.33 bits per heavy atom. The maximum absolute atomic E-state index is 12.5. The molecule has 2 unspecified atom stereocenters. The Hall–Kier alpha value is -0.680. The molecule has 102 valence electrons. The molecule has 0 aromatic heterocycles. The van der Waals surface area contributed by atoms with Gasteiger partial charge in [0.15, 0.2) is 0 Å². The van der Waals surface area contributed by atoms with Crippen molar-refractivity contribution in [1.29, 1.82) is 0 Å². The van der Waals surface area contributed by atoms with Gasteiger partial charge in [0.05, 0.1) is 22.5 Å². The zero-order valence-electron chi connectivity index (χ0n) is 10.9. The number of thiocarbonyl (C=S) groups is 1. The fourth-order valence-electron chi connectivity index (χ4n) is 3.24. The third kappa shape index (κ3) is 2.38. The number of carbonyl (C=O) groups is 1. The summed E-state index contributed by atoms with van der Waals surface area (Å²) in [5, 5.41) is 3.11. The van der Waals surface area contributed by atoms with Crippen molar-refractivity contribution >= 4 is 23.1 Å². The standard InChI is InChI=1S/C13H22N2O2S/c1-17-10-6-4-5-9(10)15-12(16)13(11(14)18)7-2-3-8-13/h9-10H,2-8H2,1H3,(H2,14,18)(H,15,16). The Morgan fingerprint density at radius 2 is 2.00 bits per heavy atom. The van der Waals surface area contributed by atoms with E-state index in [1.165, 1.54) is 0 Å². The van der Waals surface area contributed by atoms with E-state index in [1.807, 2.05) is 0 Å². The van der Waals surface area contributed by atoms with Gasteiger partial charge in [0.25, 0.3) is 0 Å². The van der Waals surface area contributed by atoms with Crippen LogP contribution in [-0.4, -0.2) is 30.2 Å². The summed E-state index contributed by atoms with van der Waals surface area (Å²) in [7, 11) is 1.70. The molecule has 2 atom stereocenters. The van der Waals surface area contributed by atoms with Gasteiger partial charge in [-0.05, 0) is 32.1 Å². The van der Waals surface area contributed by atoms with E-state index in [2.05, 4.69) is 5.32 Å². The van der Waals surface area contributed by atoms with Gasteiger partial charge in [0.1, 0.15) is 0 Å². The highest BCUT2D eigenvalue weighted by atomic mass is 32.1. The molecule has 3 N–H and O–H groups in total. The number of hydrogen-bond acceptors (Lipinski definition) is 3. The molecule has 0 radical (unpaired) electrons. The van der Waals surface area contributed by atoms with Crippen molar-refractivity contribution in [3.05, 3.63) is 0 Å². The van der Waals surface area contributed by atoms with E-state index in [-0.39, 0.29) is 18.1 Å². The largest absolute Gasteiger partial charge is 0.392 e. The summed E-state index contributed by atoms with van der Waals surface area (Å²) in [6.45, 7) is 0. The van der Waals surface area contributed by atoms with E-state index in [0.717, 1.165) is 44.9 Å². The SMILES string of the molecule is COC1CCCC1NC(=O)C1(C(N)=S)CCCC1. The lowest BCUT2D eigenvalue weighted by Gasteiger charge is -2.29. The molecule has 0 aromatic rings. The lowest BCUT2D eigenvalue weighted by molar-refractivity contribution is -0.128. The molecule has 0 heterocycles. The van der Waals surface area contributed by atoms with Gasteiger partial charge in [-0.3, -0.25) is 4.79 Å². The van der Waals surface area contributed by atoms with E-state index in [4.69, 9.17) is 22.7 Å². The number of amides is 1. The first-order valence-corrected chi connectivity index (χ1v) is 7.14. The highest BCUT2D eigenvalue weighted by molar-refractivity contribution is 7.80. The second-order valence-corrected chi connectivity index (χ2v) is 5.88. The zero-order chi connectivity index (χ0) is 13.2. The Morgan fingerprint density at radius 3 is 2.56 bits per heavy atom. The number of nitrogens with one attached hydrogen (secondary N) is 1. The monoisotopic (exact) mass is 270 g/mol. The van der Waals surface area contributed by atoms with Crippen LogP contribution in [0.25, 0.3) is 0 Å². The average molecular weight is 270 g/mol. The Bertz CT molecular complexity index is 340. The molecule has 0 saturated heterocycles. The summed E-state index contributed by atoms with van der Waals surface area (Å²) in [6, 6.07) is 0.120. The lowest BCUT2D eigenvalue weighted by atomic mass is 9.84. The minimum atomic E-state index is -0.601. The molecule has 0 aromatic carbocycles. The summed E-state index contributed by atoms with van der Waals surface area (Å²) in [4.78, 5) is 12.8. The number of rotatable bonds is 4. The highest BCUT2D eigenvalue weighted by Gasteiger charge is 2.45. The summed E-state index contributed by atoms with van der Waals surface area (Å²) >= 11 is 5.13. The van der Waals surface area contributed by atoms with Crippen molar-refractivity contribution in [2.75, 3.05) is 7.11 Å². The number of methoxy groups -OCH3 is 1. The van der Waals surface area contributed by atoms with Crippen molar-refractivity contribution in [3.63, 3.8) is 0 Å². The second-order valence-electron chi connectivity index (χ2n) is 5.44. The maximum atomic E-state index is 12.5. The van der Waals surface area contributed by atoms with Crippen molar-refractivity contribution in [2.24, 2.45) is 11.1 Å². The summed E-state index contributed by atoms with van der Waals surface area (Å²) in [5.41, 5.74) is 5.21. The van der Waals surface area contributed by atoms with E-state index in [1.54, 1.807) is 7.11 Å². The molecular formula is C13H22N2O2S. The number of ether oxygens (including phenoxy) is 1. The van der Waals surface area contributed by atoms with Crippen LogP contribution in [0.2, 0.25) is 0 Å². The topological polar surface area (TPSA) is 64.3 Å². The van der Waals surface area contributed by atoms with Crippen LogP contribution in [0.1, 0.15) is 44.9 Å². The van der Waals surface area contributed by atoms with Crippen molar-refractivity contribution < 1.29 is 9.53 Å². The van der Waals surface area contributed by atoms with Crippen LogP contribution in [0.5, 0.6) is 0 Å². The van der Waals surface area contributed by atoms with Crippen LogP contribution in [0.4, 0.5) is 0 Å². The van der Waals surface area contributed by atoms with Gasteiger partial charge in [-0.15, -0.1) is 0 Å². The lowest BCUT2D eigenvalue weighted by Crippen LogP contribution is -2.52. The van der Waals surface area contributed by atoms with Gasteiger partial charge < -0.3 is 15.8 Å². The molecule has 0 aliphatic heterocycles. The summed E-state index contributed by atoms with van der Waals surface area (Å²) < 4.78 is 5.40. The molecule has 1 amide bonds. The molecule has 5 heteroatoms. The predicted molar refractivity (Wildman–Crippen MR) is 74.3 cm³/mol. The van der Waals surface area contributed by atoms with Crippen LogP contribution < -0.4 is 11.1 Å². The van der Waals surface area contributed by atoms with Gasteiger partial charge in [-0.25, -0.2) is 0 Å². The van der Waals surface area contributed by atoms with Crippen LogP contribution in [0, 0.1) is 5.41 Å². The normalized spacial score (nSPS) is 30.3. The molecule has 0 spiro atoms. The molecule has 0 bridgehead atoms. The predicted octanol–water partition coefficient (Wildman–Crippen LogP) is 1.52. The summed E-state index contributed by atoms with van der Waals surface area (Å²) in [5.74, 6) is 0.0152.